The molecule has 0 atom stereocenters. The summed E-state index contributed by atoms with van der Waals surface area (Å²) in [5.74, 6) is 2.32. The van der Waals surface area contributed by atoms with Gasteiger partial charge in [0.2, 0.25) is 10.0 Å². The van der Waals surface area contributed by atoms with Gasteiger partial charge in [0.25, 0.3) is 0 Å². The first-order chi connectivity index (χ1) is 15.4. The van der Waals surface area contributed by atoms with Crippen molar-refractivity contribution in [2.24, 2.45) is 4.99 Å². The molecule has 0 N–H and O–H groups in total. The van der Waals surface area contributed by atoms with E-state index in [0.717, 1.165) is 39.7 Å². The van der Waals surface area contributed by atoms with Crippen molar-refractivity contribution in [1.82, 2.24) is 9.21 Å². The van der Waals surface area contributed by atoms with Gasteiger partial charge in [-0.3, -0.25) is 0 Å². The van der Waals surface area contributed by atoms with E-state index in [9.17, 15) is 8.42 Å². The van der Waals surface area contributed by atoms with Crippen LogP contribution in [0.25, 0.3) is 0 Å². The van der Waals surface area contributed by atoms with Gasteiger partial charge < -0.3 is 9.64 Å². The summed E-state index contributed by atoms with van der Waals surface area (Å²) in [7, 11) is -3.50. The van der Waals surface area contributed by atoms with E-state index in [1.54, 1.807) is 28.6 Å². The Morgan fingerprint density at radius 3 is 2.25 bits per heavy atom. The number of aliphatic imine (C=N–C) groups is 1. The van der Waals surface area contributed by atoms with Crippen molar-refractivity contribution in [2.45, 2.75) is 18.7 Å². The molecule has 0 spiro atoms. The van der Waals surface area contributed by atoms with Gasteiger partial charge >= 0.3 is 0 Å². The highest BCUT2D eigenvalue weighted by molar-refractivity contribution is 7.89. The predicted octanol–water partition coefficient (Wildman–Crippen LogP) is 4.49. The first-order valence-electron chi connectivity index (χ1n) is 10.7. The number of hydrogen-bond acceptors (Lipinski definition) is 5. The van der Waals surface area contributed by atoms with Crippen LogP contribution in [-0.2, 0) is 10.0 Å². The van der Waals surface area contributed by atoms with Crippen molar-refractivity contribution >= 4 is 21.5 Å². The quantitative estimate of drug-likeness (QED) is 0.581. The minimum absolute atomic E-state index is 0.332. The lowest BCUT2D eigenvalue weighted by Crippen LogP contribution is -2.50. The summed E-state index contributed by atoms with van der Waals surface area (Å²) >= 11 is 0. The molecule has 5 rings (SSSR count). The molecule has 3 aromatic carbocycles. The molecule has 0 amide bonds. The largest absolute Gasteiger partial charge is 0.454 e. The van der Waals surface area contributed by atoms with Crippen LogP contribution in [0.5, 0.6) is 11.5 Å². The van der Waals surface area contributed by atoms with Crippen LogP contribution in [-0.4, -0.2) is 49.6 Å². The summed E-state index contributed by atoms with van der Waals surface area (Å²) in [5.41, 5.74) is 3.93. The van der Waals surface area contributed by atoms with Crippen molar-refractivity contribution in [3.63, 3.8) is 0 Å². The van der Waals surface area contributed by atoms with E-state index in [1.165, 1.54) is 0 Å². The van der Waals surface area contributed by atoms with Crippen LogP contribution < -0.4 is 4.74 Å². The highest BCUT2D eigenvalue weighted by atomic mass is 32.2. The SMILES string of the molecule is Cc1ccc2c(c1)Oc1ccc(C)cc1C(N1CCN(S(=O)(=O)c3ccccc3)CC1)=N2. The summed E-state index contributed by atoms with van der Waals surface area (Å²) in [6, 6.07) is 20.7. The molecule has 0 unspecified atom stereocenters. The second-order valence-electron chi connectivity index (χ2n) is 8.21. The van der Waals surface area contributed by atoms with Crippen molar-refractivity contribution < 1.29 is 13.2 Å². The van der Waals surface area contributed by atoms with E-state index in [0.29, 0.717) is 31.1 Å². The molecule has 3 aromatic rings. The summed E-state index contributed by atoms with van der Waals surface area (Å²) < 4.78 is 33.8. The Balaban J connectivity index is 1.47. The molecule has 0 aliphatic carbocycles. The smallest absolute Gasteiger partial charge is 0.243 e. The average Bonchev–Trinajstić information content (AvgIpc) is 2.96. The fourth-order valence-corrected chi connectivity index (χ4v) is 5.56. The first kappa shape index (κ1) is 20.7. The third-order valence-electron chi connectivity index (χ3n) is 5.86. The molecule has 1 saturated heterocycles. The van der Waals surface area contributed by atoms with Gasteiger partial charge in [0.1, 0.15) is 17.3 Å². The number of sulfonamides is 1. The van der Waals surface area contributed by atoms with E-state index in [4.69, 9.17) is 9.73 Å². The molecule has 2 heterocycles. The number of nitrogens with zero attached hydrogens (tertiary/aromatic N) is 3. The van der Waals surface area contributed by atoms with Crippen LogP contribution in [0, 0.1) is 13.8 Å². The molecule has 0 aromatic heterocycles. The maximum absolute atomic E-state index is 13.0. The molecule has 7 heteroatoms. The minimum Gasteiger partial charge on any atom is -0.454 e. The van der Waals surface area contributed by atoms with Crippen LogP contribution in [0.3, 0.4) is 0 Å². The monoisotopic (exact) mass is 447 g/mol. The van der Waals surface area contributed by atoms with Crippen LogP contribution in [0.1, 0.15) is 16.7 Å². The Labute approximate surface area is 188 Å². The number of fused-ring (bicyclic) bond motifs is 2. The summed E-state index contributed by atoms with van der Waals surface area (Å²) in [6.07, 6.45) is 0. The molecule has 1 fully saturated rings. The number of hydrogen-bond donors (Lipinski definition) is 0. The third-order valence-corrected chi connectivity index (χ3v) is 7.77. The van der Waals surface area contributed by atoms with Crippen molar-refractivity contribution in [3.8, 4) is 11.5 Å². The minimum atomic E-state index is -3.50. The normalized spacial score (nSPS) is 16.4. The zero-order valence-corrected chi connectivity index (χ0v) is 19.0. The number of aryl methyl sites for hydroxylation is 2. The number of rotatable bonds is 2. The van der Waals surface area contributed by atoms with Gasteiger partial charge in [-0.05, 0) is 55.8 Å². The first-order valence-corrected chi connectivity index (χ1v) is 12.1. The highest BCUT2D eigenvalue weighted by Crippen LogP contribution is 2.39. The number of piperazine rings is 1. The standard InChI is InChI=1S/C25H25N3O3S/c1-18-9-11-23-21(16-18)25(26-22-10-8-19(2)17-24(22)31-23)27-12-14-28(15-13-27)32(29,30)20-6-4-3-5-7-20/h3-11,16-17H,12-15H2,1-2H3. The van der Waals surface area contributed by atoms with E-state index in [-0.39, 0.29) is 0 Å². The molecule has 6 nitrogen and oxygen atoms in total. The van der Waals surface area contributed by atoms with E-state index >= 15 is 0 Å². The zero-order valence-electron chi connectivity index (χ0n) is 18.2. The van der Waals surface area contributed by atoms with Gasteiger partial charge in [0.05, 0.1) is 10.5 Å². The molecular formula is C25H25N3O3S. The van der Waals surface area contributed by atoms with Crippen LogP contribution in [0.15, 0.2) is 76.6 Å². The van der Waals surface area contributed by atoms with Gasteiger partial charge in [0.15, 0.2) is 5.75 Å². The van der Waals surface area contributed by atoms with Gasteiger partial charge in [-0.2, -0.15) is 4.31 Å². The summed E-state index contributed by atoms with van der Waals surface area (Å²) in [4.78, 5) is 7.47. The Morgan fingerprint density at radius 2 is 1.50 bits per heavy atom. The highest BCUT2D eigenvalue weighted by Gasteiger charge is 2.31. The van der Waals surface area contributed by atoms with E-state index < -0.39 is 10.0 Å². The van der Waals surface area contributed by atoms with Crippen molar-refractivity contribution in [3.05, 3.63) is 83.4 Å². The predicted molar refractivity (Wildman–Crippen MR) is 125 cm³/mol. The summed E-state index contributed by atoms with van der Waals surface area (Å²) in [5, 5.41) is 0. The van der Waals surface area contributed by atoms with E-state index in [1.807, 2.05) is 50.2 Å². The Hall–Kier alpha value is -3.16. The van der Waals surface area contributed by atoms with Crippen LogP contribution in [0.2, 0.25) is 0 Å². The van der Waals surface area contributed by atoms with Crippen LogP contribution >= 0.6 is 0 Å². The maximum atomic E-state index is 13.0. The lowest BCUT2D eigenvalue weighted by molar-refractivity contribution is 0.266. The number of ether oxygens (including phenoxy) is 1. The average molecular weight is 448 g/mol. The molecule has 0 bridgehead atoms. The summed E-state index contributed by atoms with van der Waals surface area (Å²) in [6.45, 7) is 5.99. The van der Waals surface area contributed by atoms with Gasteiger partial charge in [-0.25, -0.2) is 13.4 Å². The molecular weight excluding hydrogens is 422 g/mol. The molecule has 2 aliphatic rings. The molecule has 32 heavy (non-hydrogen) atoms. The third kappa shape index (κ3) is 3.78. The van der Waals surface area contributed by atoms with Crippen LogP contribution in [0.4, 0.5) is 5.69 Å². The number of amidine groups is 1. The molecule has 2 aliphatic heterocycles. The lowest BCUT2D eigenvalue weighted by Gasteiger charge is -2.36. The number of benzene rings is 3. The molecule has 0 radical (unpaired) electrons. The Morgan fingerprint density at radius 1 is 0.812 bits per heavy atom. The zero-order chi connectivity index (χ0) is 22.3. The second-order valence-corrected chi connectivity index (χ2v) is 10.2. The fraction of sp³-hybridized carbons (Fsp3) is 0.240. The Bertz CT molecular complexity index is 1300. The second kappa shape index (κ2) is 8.07. The lowest BCUT2D eigenvalue weighted by atomic mass is 10.1. The maximum Gasteiger partial charge on any atom is 0.243 e. The van der Waals surface area contributed by atoms with Crippen molar-refractivity contribution in [2.75, 3.05) is 26.2 Å². The van der Waals surface area contributed by atoms with E-state index in [2.05, 4.69) is 11.0 Å². The Kier molecular flexibility index (Phi) is 5.23. The molecule has 164 valence electrons. The van der Waals surface area contributed by atoms with Gasteiger partial charge in [-0.1, -0.05) is 35.9 Å². The fourth-order valence-electron chi connectivity index (χ4n) is 4.12. The van der Waals surface area contributed by atoms with Crippen molar-refractivity contribution in [1.29, 1.82) is 0 Å². The molecule has 0 saturated carbocycles. The topological polar surface area (TPSA) is 62.2 Å². The van der Waals surface area contributed by atoms with Gasteiger partial charge in [0, 0.05) is 26.2 Å². The van der Waals surface area contributed by atoms with Gasteiger partial charge in [-0.15, -0.1) is 0 Å².